The van der Waals surface area contributed by atoms with Crippen molar-refractivity contribution in [1.29, 1.82) is 0 Å². The Morgan fingerprint density at radius 2 is 1.90 bits per heavy atom. The molecular weight excluding hydrogens is 262 g/mol. The molecule has 1 unspecified atom stereocenters. The van der Waals surface area contributed by atoms with Crippen molar-refractivity contribution in [2.24, 2.45) is 0 Å². The van der Waals surface area contributed by atoms with Crippen LogP contribution in [0, 0.1) is 0 Å². The van der Waals surface area contributed by atoms with Gasteiger partial charge in [0.1, 0.15) is 11.9 Å². The Morgan fingerprint density at radius 1 is 1.19 bits per heavy atom. The maximum absolute atomic E-state index is 6.05. The number of piperidine rings is 1. The van der Waals surface area contributed by atoms with Gasteiger partial charge in [-0.2, -0.15) is 0 Å². The number of anilines is 2. The molecule has 1 aliphatic heterocycles. The molecule has 1 aliphatic rings. The van der Waals surface area contributed by atoms with E-state index in [9.17, 15) is 0 Å². The molecule has 1 aromatic carbocycles. The van der Waals surface area contributed by atoms with Crippen LogP contribution in [0.2, 0.25) is 0 Å². The van der Waals surface area contributed by atoms with Crippen LogP contribution in [0.25, 0.3) is 0 Å². The first kappa shape index (κ1) is 16.0. The summed E-state index contributed by atoms with van der Waals surface area (Å²) in [6.07, 6.45) is 6.28. The molecule has 0 bridgehead atoms. The molecule has 2 rings (SSSR count). The van der Waals surface area contributed by atoms with E-state index in [2.05, 4.69) is 18.7 Å². The van der Waals surface area contributed by atoms with Gasteiger partial charge in [0.15, 0.2) is 0 Å². The Labute approximate surface area is 128 Å². The monoisotopic (exact) mass is 291 g/mol. The molecule has 1 fully saturated rings. The van der Waals surface area contributed by atoms with E-state index in [-0.39, 0.29) is 0 Å². The van der Waals surface area contributed by atoms with Crippen molar-refractivity contribution >= 4 is 11.4 Å². The highest BCUT2D eigenvalue weighted by atomic mass is 16.5. The number of hydrogen-bond acceptors (Lipinski definition) is 4. The van der Waals surface area contributed by atoms with Crippen LogP contribution < -0.4 is 16.2 Å². The van der Waals surface area contributed by atoms with Crippen LogP contribution in [0.1, 0.15) is 46.0 Å². The van der Waals surface area contributed by atoms with Gasteiger partial charge in [-0.15, -0.1) is 0 Å². The van der Waals surface area contributed by atoms with Gasteiger partial charge >= 0.3 is 0 Å². The van der Waals surface area contributed by atoms with Gasteiger partial charge in [-0.3, -0.25) is 0 Å². The maximum Gasteiger partial charge on any atom is 0.121 e. The molecular formula is C17H29N3O. The van der Waals surface area contributed by atoms with Crippen molar-refractivity contribution in [3.8, 4) is 5.75 Å². The van der Waals surface area contributed by atoms with E-state index in [1.54, 1.807) is 0 Å². The van der Waals surface area contributed by atoms with E-state index < -0.39 is 0 Å². The van der Waals surface area contributed by atoms with E-state index in [0.717, 1.165) is 37.7 Å². The lowest BCUT2D eigenvalue weighted by Crippen LogP contribution is -2.43. The quantitative estimate of drug-likeness (QED) is 0.790. The third-order valence-corrected chi connectivity index (χ3v) is 4.45. The van der Waals surface area contributed by atoms with Gasteiger partial charge in [0.2, 0.25) is 0 Å². The largest absolute Gasteiger partial charge is 0.490 e. The predicted molar refractivity (Wildman–Crippen MR) is 89.5 cm³/mol. The van der Waals surface area contributed by atoms with Crippen LogP contribution in [0.15, 0.2) is 18.2 Å². The van der Waals surface area contributed by atoms with E-state index in [1.807, 2.05) is 18.2 Å². The zero-order valence-corrected chi connectivity index (χ0v) is 13.3. The number of rotatable bonds is 6. The van der Waals surface area contributed by atoms with E-state index in [1.165, 1.54) is 19.3 Å². The molecule has 1 atom stereocenters. The molecule has 0 saturated carbocycles. The highest BCUT2D eigenvalue weighted by molar-refractivity contribution is 5.65. The van der Waals surface area contributed by atoms with Crippen molar-refractivity contribution in [3.63, 3.8) is 0 Å². The van der Waals surface area contributed by atoms with E-state index in [4.69, 9.17) is 16.2 Å². The van der Waals surface area contributed by atoms with Gasteiger partial charge in [-0.25, -0.2) is 0 Å². The first-order chi connectivity index (χ1) is 10.1. The summed E-state index contributed by atoms with van der Waals surface area (Å²) in [4.78, 5) is 2.63. The molecule has 118 valence electrons. The highest BCUT2D eigenvalue weighted by Gasteiger charge is 2.24. The summed E-state index contributed by atoms with van der Waals surface area (Å²) in [5.41, 5.74) is 12.8. The smallest absolute Gasteiger partial charge is 0.121 e. The van der Waals surface area contributed by atoms with Crippen molar-refractivity contribution in [1.82, 2.24) is 4.90 Å². The summed E-state index contributed by atoms with van der Waals surface area (Å²) in [5.74, 6) is 0.834. The zero-order chi connectivity index (χ0) is 15.2. The number of benzene rings is 1. The molecule has 4 heteroatoms. The standard InChI is InChI=1S/C17H29N3O/c1-3-5-13(4-2)20-10-8-14(9-11-20)21-15-6-7-16(18)17(19)12-15/h6-7,12-14H,3-5,8-11,18-19H2,1-2H3. The summed E-state index contributed by atoms with van der Waals surface area (Å²) >= 11 is 0. The number of nitrogen functional groups attached to an aromatic ring is 2. The Morgan fingerprint density at radius 3 is 2.48 bits per heavy atom. The van der Waals surface area contributed by atoms with Crippen LogP contribution in [-0.2, 0) is 0 Å². The van der Waals surface area contributed by atoms with Gasteiger partial charge < -0.3 is 21.1 Å². The molecule has 1 saturated heterocycles. The first-order valence-corrected chi connectivity index (χ1v) is 8.19. The molecule has 4 N–H and O–H groups in total. The lowest BCUT2D eigenvalue weighted by molar-refractivity contribution is 0.0710. The summed E-state index contributed by atoms with van der Waals surface area (Å²) in [5, 5.41) is 0. The predicted octanol–water partition coefficient (Wildman–Crippen LogP) is 3.27. The minimum Gasteiger partial charge on any atom is -0.490 e. The van der Waals surface area contributed by atoms with Crippen LogP contribution in [0.3, 0.4) is 0 Å². The Balaban J connectivity index is 1.84. The summed E-state index contributed by atoms with van der Waals surface area (Å²) < 4.78 is 6.05. The minimum atomic E-state index is 0.295. The Kier molecular flexibility index (Phi) is 5.74. The molecule has 0 aliphatic carbocycles. The summed E-state index contributed by atoms with van der Waals surface area (Å²) in [6, 6.07) is 6.29. The number of ether oxygens (including phenoxy) is 1. The van der Waals surface area contributed by atoms with Gasteiger partial charge in [0.25, 0.3) is 0 Å². The molecule has 0 amide bonds. The molecule has 1 aromatic rings. The highest BCUT2D eigenvalue weighted by Crippen LogP contribution is 2.25. The fraction of sp³-hybridized carbons (Fsp3) is 0.647. The van der Waals surface area contributed by atoms with Gasteiger partial charge in [0.05, 0.1) is 11.4 Å². The first-order valence-electron chi connectivity index (χ1n) is 8.19. The SMILES string of the molecule is CCCC(CC)N1CCC(Oc2ccc(N)c(N)c2)CC1. The van der Waals surface area contributed by atoms with E-state index >= 15 is 0 Å². The minimum absolute atomic E-state index is 0.295. The zero-order valence-electron chi connectivity index (χ0n) is 13.3. The average Bonchev–Trinajstić information content (AvgIpc) is 2.49. The van der Waals surface area contributed by atoms with Crippen LogP contribution in [-0.4, -0.2) is 30.1 Å². The van der Waals surface area contributed by atoms with Gasteiger partial charge in [-0.1, -0.05) is 20.3 Å². The number of nitrogens with two attached hydrogens (primary N) is 2. The second-order valence-electron chi connectivity index (χ2n) is 5.99. The lowest BCUT2D eigenvalue weighted by Gasteiger charge is -2.37. The van der Waals surface area contributed by atoms with Crippen molar-refractivity contribution in [2.45, 2.75) is 58.1 Å². The molecule has 21 heavy (non-hydrogen) atoms. The molecule has 1 heterocycles. The number of nitrogens with zero attached hydrogens (tertiary/aromatic N) is 1. The van der Waals surface area contributed by atoms with Gasteiger partial charge in [0, 0.05) is 25.2 Å². The maximum atomic E-state index is 6.05. The summed E-state index contributed by atoms with van der Waals surface area (Å²) in [6.45, 7) is 6.82. The van der Waals surface area contributed by atoms with Crippen molar-refractivity contribution < 1.29 is 4.74 Å². The van der Waals surface area contributed by atoms with Gasteiger partial charge in [-0.05, 0) is 37.8 Å². The third-order valence-electron chi connectivity index (χ3n) is 4.45. The van der Waals surface area contributed by atoms with Crippen LogP contribution >= 0.6 is 0 Å². The fourth-order valence-corrected chi connectivity index (χ4v) is 3.16. The van der Waals surface area contributed by atoms with Crippen LogP contribution in [0.4, 0.5) is 11.4 Å². The molecule has 0 spiro atoms. The lowest BCUT2D eigenvalue weighted by atomic mass is 10.0. The average molecular weight is 291 g/mol. The molecule has 0 radical (unpaired) electrons. The third kappa shape index (κ3) is 4.27. The summed E-state index contributed by atoms with van der Waals surface area (Å²) in [7, 11) is 0. The second kappa shape index (κ2) is 7.55. The molecule has 4 nitrogen and oxygen atoms in total. The number of likely N-dealkylation sites (tertiary alicyclic amines) is 1. The number of hydrogen-bond donors (Lipinski definition) is 2. The normalized spacial score (nSPS) is 18.6. The second-order valence-corrected chi connectivity index (χ2v) is 5.99. The van der Waals surface area contributed by atoms with E-state index in [0.29, 0.717) is 17.5 Å². The van der Waals surface area contributed by atoms with Crippen LogP contribution in [0.5, 0.6) is 5.75 Å². The molecule has 0 aromatic heterocycles. The Hall–Kier alpha value is -1.42. The van der Waals surface area contributed by atoms with Crippen molar-refractivity contribution in [3.05, 3.63) is 18.2 Å². The van der Waals surface area contributed by atoms with Crippen molar-refractivity contribution in [2.75, 3.05) is 24.6 Å². The Bertz CT molecular complexity index is 442. The fourth-order valence-electron chi connectivity index (χ4n) is 3.16. The topological polar surface area (TPSA) is 64.5 Å².